The standard InChI is InChI=1S/C4H6F2O2.H2O/c1-3(7)8-2-4(5)6;/h4H,2H2,1H3;1H2. The zero-order valence-corrected chi connectivity index (χ0v) is 4.86. The number of hydrogen-bond acceptors (Lipinski definition) is 2. The quantitative estimate of drug-likeness (QED) is 0.509. The van der Waals surface area contributed by atoms with Crippen molar-refractivity contribution in [2.45, 2.75) is 13.3 Å². The molecule has 0 atom stereocenters. The van der Waals surface area contributed by atoms with Crippen LogP contribution in [-0.4, -0.2) is 24.5 Å². The Balaban J connectivity index is 0. The average molecular weight is 142 g/mol. The van der Waals surface area contributed by atoms with Crippen molar-refractivity contribution in [2.75, 3.05) is 6.61 Å². The number of alkyl halides is 2. The average Bonchev–Trinajstić information content (AvgIpc) is 1.61. The molecule has 0 aliphatic heterocycles. The molecule has 56 valence electrons. The minimum Gasteiger partial charge on any atom is -0.460 e. The van der Waals surface area contributed by atoms with E-state index in [9.17, 15) is 13.6 Å². The summed E-state index contributed by atoms with van der Waals surface area (Å²) in [7, 11) is 0. The number of esters is 1. The van der Waals surface area contributed by atoms with Gasteiger partial charge in [0.05, 0.1) is 0 Å². The molecule has 0 spiro atoms. The highest BCUT2D eigenvalue weighted by Gasteiger charge is 2.02. The highest BCUT2D eigenvalue weighted by molar-refractivity contribution is 5.65. The second-order valence-electron chi connectivity index (χ2n) is 1.19. The summed E-state index contributed by atoms with van der Waals surface area (Å²) >= 11 is 0. The molecule has 0 rings (SSSR count). The predicted octanol–water partition coefficient (Wildman–Crippen LogP) is -0.0101. The van der Waals surface area contributed by atoms with Crippen LogP contribution in [0, 0.1) is 0 Å². The Hall–Kier alpha value is -0.710. The normalized spacial score (nSPS) is 8.44. The molecule has 9 heavy (non-hydrogen) atoms. The van der Waals surface area contributed by atoms with E-state index in [4.69, 9.17) is 0 Å². The summed E-state index contributed by atoms with van der Waals surface area (Å²) in [5.74, 6) is -0.676. The van der Waals surface area contributed by atoms with Gasteiger partial charge in [0.15, 0.2) is 6.61 Å². The van der Waals surface area contributed by atoms with Crippen molar-refractivity contribution in [3.8, 4) is 0 Å². The Kier molecular flexibility index (Phi) is 6.71. The molecule has 5 heteroatoms. The van der Waals surface area contributed by atoms with Crippen LogP contribution < -0.4 is 0 Å². The zero-order valence-electron chi connectivity index (χ0n) is 4.86. The van der Waals surface area contributed by atoms with Gasteiger partial charge in [0.25, 0.3) is 6.43 Å². The molecule has 0 aromatic rings. The number of carbonyl (C=O) groups is 1. The van der Waals surface area contributed by atoms with E-state index in [1.807, 2.05) is 0 Å². The molecule has 0 saturated heterocycles. The van der Waals surface area contributed by atoms with E-state index in [1.54, 1.807) is 0 Å². The molecule has 3 nitrogen and oxygen atoms in total. The van der Waals surface area contributed by atoms with Gasteiger partial charge < -0.3 is 10.2 Å². The second-order valence-corrected chi connectivity index (χ2v) is 1.19. The van der Waals surface area contributed by atoms with E-state index in [1.165, 1.54) is 0 Å². The van der Waals surface area contributed by atoms with Gasteiger partial charge in [-0.15, -0.1) is 0 Å². The molecule has 0 aromatic heterocycles. The van der Waals surface area contributed by atoms with Gasteiger partial charge in [-0.25, -0.2) is 8.78 Å². The fourth-order valence-corrected chi connectivity index (χ4v) is 0.180. The SMILES string of the molecule is CC(=O)OCC(F)F.O. The fraction of sp³-hybridized carbons (Fsp3) is 0.750. The molecule has 0 aromatic carbocycles. The van der Waals surface area contributed by atoms with Gasteiger partial charge in [0.1, 0.15) is 0 Å². The maximum Gasteiger partial charge on any atom is 0.302 e. The summed E-state index contributed by atoms with van der Waals surface area (Å²) in [5, 5.41) is 0. The monoisotopic (exact) mass is 142 g/mol. The van der Waals surface area contributed by atoms with Crippen LogP contribution in [0.2, 0.25) is 0 Å². The van der Waals surface area contributed by atoms with Crippen molar-refractivity contribution in [1.82, 2.24) is 0 Å². The Bertz CT molecular complexity index is 83.9. The van der Waals surface area contributed by atoms with Crippen LogP contribution in [0.3, 0.4) is 0 Å². The molecule has 2 N–H and O–H groups in total. The first kappa shape index (κ1) is 11.1. The number of rotatable bonds is 2. The van der Waals surface area contributed by atoms with Crippen LogP contribution in [0.25, 0.3) is 0 Å². The lowest BCUT2D eigenvalue weighted by Gasteiger charge is -1.96. The smallest absolute Gasteiger partial charge is 0.302 e. The largest absolute Gasteiger partial charge is 0.460 e. The van der Waals surface area contributed by atoms with Crippen LogP contribution in [0.5, 0.6) is 0 Å². The molecule has 0 heterocycles. The van der Waals surface area contributed by atoms with Crippen molar-refractivity contribution in [1.29, 1.82) is 0 Å². The number of carbonyl (C=O) groups excluding carboxylic acids is 1. The molecule has 0 aliphatic rings. The summed E-state index contributed by atoms with van der Waals surface area (Å²) in [6, 6.07) is 0. The van der Waals surface area contributed by atoms with Crippen molar-refractivity contribution < 1.29 is 23.8 Å². The van der Waals surface area contributed by atoms with Crippen LogP contribution in [0.1, 0.15) is 6.92 Å². The fourth-order valence-electron chi connectivity index (χ4n) is 0.180. The topological polar surface area (TPSA) is 57.8 Å². The highest BCUT2D eigenvalue weighted by Crippen LogP contribution is 1.91. The van der Waals surface area contributed by atoms with E-state index in [0.29, 0.717) is 0 Å². The van der Waals surface area contributed by atoms with Gasteiger partial charge in [0, 0.05) is 6.92 Å². The van der Waals surface area contributed by atoms with Gasteiger partial charge in [-0.05, 0) is 0 Å². The molecule has 0 aliphatic carbocycles. The molecule has 0 amide bonds. The molecule has 0 bridgehead atoms. The van der Waals surface area contributed by atoms with Gasteiger partial charge in [-0.2, -0.15) is 0 Å². The molecule has 0 saturated carbocycles. The van der Waals surface area contributed by atoms with E-state index in [2.05, 4.69) is 4.74 Å². The summed E-state index contributed by atoms with van der Waals surface area (Å²) in [5.41, 5.74) is 0. The predicted molar refractivity (Wildman–Crippen MR) is 26.3 cm³/mol. The van der Waals surface area contributed by atoms with Crippen LogP contribution >= 0.6 is 0 Å². The molecule has 0 radical (unpaired) electrons. The molecular formula is C4H8F2O3. The van der Waals surface area contributed by atoms with Crippen LogP contribution in [0.15, 0.2) is 0 Å². The third-order valence-electron chi connectivity index (χ3n) is 0.413. The highest BCUT2D eigenvalue weighted by atomic mass is 19.3. The summed E-state index contributed by atoms with van der Waals surface area (Å²) in [4.78, 5) is 9.79. The van der Waals surface area contributed by atoms with E-state index in [-0.39, 0.29) is 5.48 Å². The first-order valence-corrected chi connectivity index (χ1v) is 2.04. The Morgan fingerprint density at radius 2 is 2.11 bits per heavy atom. The van der Waals surface area contributed by atoms with E-state index < -0.39 is 19.0 Å². The zero-order chi connectivity index (χ0) is 6.57. The number of halogens is 2. The number of ether oxygens (including phenoxy) is 1. The Morgan fingerprint density at radius 1 is 1.67 bits per heavy atom. The lowest BCUT2D eigenvalue weighted by atomic mass is 10.7. The van der Waals surface area contributed by atoms with Gasteiger partial charge in [-0.3, -0.25) is 4.79 Å². The van der Waals surface area contributed by atoms with E-state index in [0.717, 1.165) is 6.92 Å². The summed E-state index contributed by atoms with van der Waals surface area (Å²) < 4.78 is 26.2. The van der Waals surface area contributed by atoms with Crippen molar-refractivity contribution in [3.05, 3.63) is 0 Å². The van der Waals surface area contributed by atoms with Crippen molar-refractivity contribution >= 4 is 5.97 Å². The minimum atomic E-state index is -2.56. The van der Waals surface area contributed by atoms with Gasteiger partial charge >= 0.3 is 5.97 Å². The Morgan fingerprint density at radius 3 is 2.22 bits per heavy atom. The van der Waals surface area contributed by atoms with Crippen LogP contribution in [-0.2, 0) is 9.53 Å². The second kappa shape index (κ2) is 5.43. The first-order valence-electron chi connectivity index (χ1n) is 2.04. The molecule has 0 unspecified atom stereocenters. The number of hydrogen-bond donors (Lipinski definition) is 0. The van der Waals surface area contributed by atoms with Gasteiger partial charge in [-0.1, -0.05) is 0 Å². The van der Waals surface area contributed by atoms with E-state index >= 15 is 0 Å². The maximum atomic E-state index is 11.1. The van der Waals surface area contributed by atoms with Crippen molar-refractivity contribution in [3.63, 3.8) is 0 Å². The lowest BCUT2D eigenvalue weighted by molar-refractivity contribution is -0.144. The third kappa shape index (κ3) is 11.1. The van der Waals surface area contributed by atoms with Crippen LogP contribution in [0.4, 0.5) is 8.78 Å². The van der Waals surface area contributed by atoms with Crippen molar-refractivity contribution in [2.24, 2.45) is 0 Å². The maximum absolute atomic E-state index is 11.1. The Labute approximate surface area is 50.9 Å². The minimum absolute atomic E-state index is 0. The summed E-state index contributed by atoms with van der Waals surface area (Å²) in [6.45, 7) is 0.289. The first-order chi connectivity index (χ1) is 3.63. The van der Waals surface area contributed by atoms with Gasteiger partial charge in [0.2, 0.25) is 0 Å². The third-order valence-corrected chi connectivity index (χ3v) is 0.413. The summed E-state index contributed by atoms with van der Waals surface area (Å²) in [6.07, 6.45) is -2.56. The molecular weight excluding hydrogens is 134 g/mol. The lowest BCUT2D eigenvalue weighted by Crippen LogP contribution is -2.07. The molecule has 0 fully saturated rings.